The molecular weight excluding hydrogens is 316 g/mol. The number of esters is 1. The number of benzene rings is 1. The van der Waals surface area contributed by atoms with Crippen LogP contribution >= 0.6 is 0 Å². The first-order chi connectivity index (χ1) is 12.1. The van der Waals surface area contributed by atoms with Gasteiger partial charge in [-0.1, -0.05) is 61.9 Å². The molecule has 0 radical (unpaired) electrons. The van der Waals surface area contributed by atoms with Crippen LogP contribution in [0.3, 0.4) is 0 Å². The van der Waals surface area contributed by atoms with Crippen LogP contribution in [0.2, 0.25) is 0 Å². The van der Waals surface area contributed by atoms with Crippen molar-refractivity contribution in [1.29, 1.82) is 0 Å². The number of ether oxygens (including phenoxy) is 1. The molecule has 0 spiro atoms. The van der Waals surface area contributed by atoms with Crippen molar-refractivity contribution in [3.05, 3.63) is 54.1 Å². The quantitative estimate of drug-likeness (QED) is 0.357. The molecule has 1 N–H and O–H groups in total. The number of carboxylic acids is 1. The van der Waals surface area contributed by atoms with Crippen molar-refractivity contribution in [1.82, 2.24) is 0 Å². The van der Waals surface area contributed by atoms with Crippen molar-refractivity contribution in [3.63, 3.8) is 0 Å². The maximum atomic E-state index is 11.5. The number of unbranched alkanes of at least 4 members (excludes halogenated alkanes) is 3. The highest BCUT2D eigenvalue weighted by atomic mass is 16.5. The molecule has 0 fully saturated rings. The van der Waals surface area contributed by atoms with E-state index in [9.17, 15) is 4.79 Å². The zero-order valence-electron chi connectivity index (χ0n) is 15.3. The Balaban J connectivity index is 0.00000129. The molecule has 4 nitrogen and oxygen atoms in total. The summed E-state index contributed by atoms with van der Waals surface area (Å²) in [5.74, 6) is -0.934. The Labute approximate surface area is 151 Å². The van der Waals surface area contributed by atoms with E-state index in [1.807, 2.05) is 42.5 Å². The number of carbonyl (C=O) groups excluding carboxylic acids is 1. The lowest BCUT2D eigenvalue weighted by Gasteiger charge is -2.01. The number of hydrogen-bond donors (Lipinski definition) is 1. The molecule has 25 heavy (non-hydrogen) atoms. The first-order valence-electron chi connectivity index (χ1n) is 8.78. The topological polar surface area (TPSA) is 63.6 Å². The van der Waals surface area contributed by atoms with Crippen molar-refractivity contribution in [3.8, 4) is 0 Å². The van der Waals surface area contributed by atoms with Crippen LogP contribution in [-0.2, 0) is 14.3 Å². The molecule has 1 rings (SSSR count). The number of carboxylic acid groups (broad SMARTS) is 1. The zero-order valence-corrected chi connectivity index (χ0v) is 15.3. The van der Waals surface area contributed by atoms with Crippen molar-refractivity contribution in [2.75, 3.05) is 6.61 Å². The molecule has 0 aliphatic carbocycles. The van der Waals surface area contributed by atoms with Crippen molar-refractivity contribution in [2.24, 2.45) is 0 Å². The summed E-state index contributed by atoms with van der Waals surface area (Å²) in [6.07, 6.45) is 14.1. The minimum atomic E-state index is -0.833. The van der Waals surface area contributed by atoms with Gasteiger partial charge in [0.05, 0.1) is 0 Å². The van der Waals surface area contributed by atoms with Gasteiger partial charge in [0.2, 0.25) is 0 Å². The summed E-state index contributed by atoms with van der Waals surface area (Å²) in [7, 11) is 0. The lowest BCUT2D eigenvalue weighted by atomic mass is 10.1. The fraction of sp³-hybridized carbons (Fsp3) is 0.429. The second-order valence-corrected chi connectivity index (χ2v) is 5.49. The van der Waals surface area contributed by atoms with Crippen LogP contribution in [0.1, 0.15) is 57.9 Å². The maximum Gasteiger partial charge on any atom is 0.306 e. The molecule has 0 atom stereocenters. The van der Waals surface area contributed by atoms with Gasteiger partial charge in [0.15, 0.2) is 0 Å². The van der Waals surface area contributed by atoms with Gasteiger partial charge >= 0.3 is 5.97 Å². The van der Waals surface area contributed by atoms with Gasteiger partial charge < -0.3 is 9.84 Å². The van der Waals surface area contributed by atoms with Gasteiger partial charge in [0.25, 0.3) is 5.97 Å². The SMILES string of the molecule is CC(=O)O.CC/C=C\CCCCCC(=O)OC/C=C/c1ccccc1. The Morgan fingerprint density at radius 1 is 1.04 bits per heavy atom. The molecule has 0 aliphatic heterocycles. The summed E-state index contributed by atoms with van der Waals surface area (Å²) in [4.78, 5) is 20.5. The van der Waals surface area contributed by atoms with Crippen LogP contribution in [0, 0.1) is 0 Å². The van der Waals surface area contributed by atoms with E-state index in [1.54, 1.807) is 0 Å². The van der Waals surface area contributed by atoms with E-state index in [4.69, 9.17) is 14.6 Å². The summed E-state index contributed by atoms with van der Waals surface area (Å²) in [6, 6.07) is 9.99. The lowest BCUT2D eigenvalue weighted by molar-refractivity contribution is -0.142. The molecule has 1 aromatic carbocycles. The Hall–Kier alpha value is -2.36. The second-order valence-electron chi connectivity index (χ2n) is 5.49. The van der Waals surface area contributed by atoms with Crippen molar-refractivity contribution in [2.45, 2.75) is 52.4 Å². The Morgan fingerprint density at radius 3 is 2.36 bits per heavy atom. The summed E-state index contributed by atoms with van der Waals surface area (Å²) in [5.41, 5.74) is 1.12. The fourth-order valence-electron chi connectivity index (χ4n) is 1.95. The average molecular weight is 346 g/mol. The number of allylic oxidation sites excluding steroid dienone is 2. The average Bonchev–Trinajstić information content (AvgIpc) is 2.58. The zero-order chi connectivity index (χ0) is 18.8. The molecule has 0 aromatic heterocycles. The Kier molecular flexibility index (Phi) is 14.9. The van der Waals surface area contributed by atoms with E-state index < -0.39 is 5.97 Å². The highest BCUT2D eigenvalue weighted by Crippen LogP contribution is 2.05. The van der Waals surface area contributed by atoms with Gasteiger partial charge in [-0.25, -0.2) is 0 Å². The molecule has 0 saturated carbocycles. The molecule has 0 aliphatic rings. The summed E-state index contributed by atoms with van der Waals surface area (Å²) >= 11 is 0. The first-order valence-corrected chi connectivity index (χ1v) is 8.78. The van der Waals surface area contributed by atoms with Gasteiger partial charge in [-0.3, -0.25) is 9.59 Å². The molecule has 4 heteroatoms. The normalized spacial score (nSPS) is 10.5. The summed E-state index contributed by atoms with van der Waals surface area (Å²) in [5, 5.41) is 7.42. The predicted octanol–water partition coefficient (Wildman–Crippen LogP) is 5.25. The molecule has 1 aromatic rings. The van der Waals surface area contributed by atoms with Crippen LogP contribution in [0.4, 0.5) is 0 Å². The van der Waals surface area contributed by atoms with Crippen LogP contribution in [0.15, 0.2) is 48.6 Å². The lowest BCUT2D eigenvalue weighted by Crippen LogP contribution is -2.03. The number of hydrogen-bond acceptors (Lipinski definition) is 3. The third kappa shape index (κ3) is 17.8. The maximum absolute atomic E-state index is 11.5. The van der Waals surface area contributed by atoms with E-state index in [-0.39, 0.29) is 5.97 Å². The van der Waals surface area contributed by atoms with Gasteiger partial charge in [-0.15, -0.1) is 0 Å². The molecule has 0 bridgehead atoms. The fourth-order valence-corrected chi connectivity index (χ4v) is 1.95. The highest BCUT2D eigenvalue weighted by molar-refractivity contribution is 5.69. The minimum Gasteiger partial charge on any atom is -0.481 e. The predicted molar refractivity (Wildman–Crippen MR) is 102 cm³/mol. The summed E-state index contributed by atoms with van der Waals surface area (Å²) < 4.78 is 5.17. The Morgan fingerprint density at radius 2 is 1.72 bits per heavy atom. The first kappa shape index (κ1) is 22.6. The number of rotatable bonds is 10. The molecule has 0 saturated heterocycles. The van der Waals surface area contributed by atoms with Gasteiger partial charge in [-0.2, -0.15) is 0 Å². The molecule has 0 amide bonds. The summed E-state index contributed by atoms with van der Waals surface area (Å²) in [6.45, 7) is 3.58. The highest BCUT2D eigenvalue weighted by Gasteiger charge is 2.00. The molecular formula is C21H30O4. The smallest absolute Gasteiger partial charge is 0.306 e. The number of carbonyl (C=O) groups is 2. The van der Waals surface area contributed by atoms with Crippen LogP contribution < -0.4 is 0 Å². The third-order valence-corrected chi connectivity index (χ3v) is 3.10. The van der Waals surface area contributed by atoms with Crippen LogP contribution in [-0.4, -0.2) is 23.7 Å². The van der Waals surface area contributed by atoms with Crippen LogP contribution in [0.5, 0.6) is 0 Å². The third-order valence-electron chi connectivity index (χ3n) is 3.10. The largest absolute Gasteiger partial charge is 0.481 e. The van der Waals surface area contributed by atoms with E-state index in [2.05, 4.69) is 19.1 Å². The molecule has 0 unspecified atom stereocenters. The second kappa shape index (κ2) is 16.5. The minimum absolute atomic E-state index is 0.100. The monoisotopic (exact) mass is 346 g/mol. The Bertz CT molecular complexity index is 514. The van der Waals surface area contributed by atoms with Gasteiger partial charge in [-0.05, 0) is 37.3 Å². The van der Waals surface area contributed by atoms with E-state index in [1.165, 1.54) is 0 Å². The molecule has 0 heterocycles. The number of aliphatic carboxylic acids is 1. The molecule has 138 valence electrons. The van der Waals surface area contributed by atoms with E-state index >= 15 is 0 Å². The standard InChI is InChI=1S/C19H26O2.C2H4O2/c1-2-3-4-5-6-7-11-16-19(20)21-17-12-15-18-13-9-8-10-14-18;1-2(3)4/h3-4,8-10,12-15H,2,5-7,11,16-17H2,1H3;1H3,(H,3,4)/b4-3-,15-12+;. The van der Waals surface area contributed by atoms with Crippen LogP contribution in [0.25, 0.3) is 6.08 Å². The van der Waals surface area contributed by atoms with Gasteiger partial charge in [0, 0.05) is 13.3 Å². The van der Waals surface area contributed by atoms with E-state index in [0.717, 1.165) is 44.6 Å². The van der Waals surface area contributed by atoms with Gasteiger partial charge in [0.1, 0.15) is 6.61 Å². The van der Waals surface area contributed by atoms with E-state index in [0.29, 0.717) is 13.0 Å². The van der Waals surface area contributed by atoms with Crippen molar-refractivity contribution >= 4 is 18.0 Å². The van der Waals surface area contributed by atoms with Crippen molar-refractivity contribution < 1.29 is 19.4 Å².